The van der Waals surface area contributed by atoms with Crippen molar-refractivity contribution in [3.8, 4) is 28.2 Å². The van der Waals surface area contributed by atoms with Gasteiger partial charge in [0.2, 0.25) is 5.91 Å². The minimum atomic E-state index is -4.79. The van der Waals surface area contributed by atoms with Crippen molar-refractivity contribution in [3.63, 3.8) is 0 Å². The highest BCUT2D eigenvalue weighted by molar-refractivity contribution is 5.95. The molecule has 0 fully saturated rings. The summed E-state index contributed by atoms with van der Waals surface area (Å²) in [6.07, 6.45) is 0.762. The van der Waals surface area contributed by atoms with E-state index in [4.69, 9.17) is 0 Å². The standard InChI is InChI=1S/C29H23F6N9O2/c1-15-3-2-4-22(20-9-16(7-8-36-20)26-21(39-27(15)46)12-38-44(26)28(31)32)42-14-37-19(11-25(42)45)18-6-5-17(30)10-23(18)43-13-24(40-41-43)29(33,34)35/h5-15,22,28H,2-4H2,1H3,(H,39,46)/t15-,22+/m1/s1. The van der Waals surface area contributed by atoms with Gasteiger partial charge in [0.25, 0.3) is 5.56 Å². The lowest BCUT2D eigenvalue weighted by molar-refractivity contribution is -0.141. The largest absolute Gasteiger partial charge is 0.436 e. The van der Waals surface area contributed by atoms with Crippen LogP contribution in [0.1, 0.15) is 50.2 Å². The van der Waals surface area contributed by atoms with Gasteiger partial charge in [0.15, 0.2) is 5.69 Å². The lowest BCUT2D eigenvalue weighted by atomic mass is 9.97. The molecule has 0 unspecified atom stereocenters. The van der Waals surface area contributed by atoms with Gasteiger partial charge in [-0.1, -0.05) is 18.6 Å². The highest BCUT2D eigenvalue weighted by Crippen LogP contribution is 2.35. The summed E-state index contributed by atoms with van der Waals surface area (Å²) in [4.78, 5) is 35.3. The number of nitrogens with zero attached hydrogens (tertiary/aromatic N) is 8. The molecule has 0 saturated heterocycles. The maximum atomic E-state index is 14.2. The quantitative estimate of drug-likeness (QED) is 0.251. The first kappa shape index (κ1) is 30.7. The smallest absolute Gasteiger partial charge is 0.323 e. The van der Waals surface area contributed by atoms with Crippen LogP contribution in [0.5, 0.6) is 0 Å². The Balaban J connectivity index is 1.43. The first-order valence-electron chi connectivity index (χ1n) is 13.9. The molecule has 2 bridgehead atoms. The average Bonchev–Trinajstić information content (AvgIpc) is 3.68. The van der Waals surface area contributed by atoms with E-state index in [1.54, 1.807) is 6.92 Å². The first-order valence-corrected chi connectivity index (χ1v) is 13.9. The first-order chi connectivity index (χ1) is 21.9. The third-order valence-corrected chi connectivity index (χ3v) is 7.63. The number of benzene rings is 1. The summed E-state index contributed by atoms with van der Waals surface area (Å²) < 4.78 is 84.0. The van der Waals surface area contributed by atoms with Gasteiger partial charge in [-0.3, -0.25) is 19.1 Å². The van der Waals surface area contributed by atoms with Gasteiger partial charge in [-0.05, 0) is 37.1 Å². The monoisotopic (exact) mass is 643 g/mol. The molecule has 2 atom stereocenters. The summed E-state index contributed by atoms with van der Waals surface area (Å²) in [5.41, 5.74) is -1.19. The molecule has 238 valence electrons. The Morgan fingerprint density at radius 2 is 1.85 bits per heavy atom. The van der Waals surface area contributed by atoms with Crippen LogP contribution in [0.3, 0.4) is 0 Å². The van der Waals surface area contributed by atoms with E-state index in [2.05, 4.69) is 30.7 Å². The third-order valence-electron chi connectivity index (χ3n) is 7.63. The van der Waals surface area contributed by atoms with Crippen molar-refractivity contribution in [3.05, 3.63) is 88.9 Å². The van der Waals surface area contributed by atoms with Crippen molar-refractivity contribution in [2.45, 2.75) is 45.0 Å². The Morgan fingerprint density at radius 1 is 1.04 bits per heavy atom. The van der Waals surface area contributed by atoms with Gasteiger partial charge in [-0.15, -0.1) is 5.10 Å². The zero-order chi connectivity index (χ0) is 32.7. The number of hydrogen-bond acceptors (Lipinski definition) is 7. The summed E-state index contributed by atoms with van der Waals surface area (Å²) in [5, 5.41) is 13.0. The molecule has 1 aromatic carbocycles. The van der Waals surface area contributed by atoms with Crippen LogP contribution in [0.25, 0.3) is 28.2 Å². The number of carbonyl (C=O) groups is 1. The highest BCUT2D eigenvalue weighted by Gasteiger charge is 2.35. The summed E-state index contributed by atoms with van der Waals surface area (Å²) in [5.74, 6) is -1.65. The van der Waals surface area contributed by atoms with E-state index < -0.39 is 41.8 Å². The predicted octanol–water partition coefficient (Wildman–Crippen LogP) is 5.65. The zero-order valence-corrected chi connectivity index (χ0v) is 23.8. The second kappa shape index (κ2) is 11.9. The fourth-order valence-electron chi connectivity index (χ4n) is 5.32. The van der Waals surface area contributed by atoms with E-state index in [-0.39, 0.29) is 39.8 Å². The Bertz CT molecular complexity index is 1980. The Morgan fingerprint density at radius 3 is 2.57 bits per heavy atom. The predicted molar refractivity (Wildman–Crippen MR) is 150 cm³/mol. The Kier molecular flexibility index (Phi) is 7.91. The van der Waals surface area contributed by atoms with Crippen molar-refractivity contribution in [1.82, 2.24) is 39.3 Å². The fourth-order valence-corrected chi connectivity index (χ4v) is 5.32. The molecule has 46 heavy (non-hydrogen) atoms. The van der Waals surface area contributed by atoms with Crippen LogP contribution in [0.2, 0.25) is 0 Å². The van der Waals surface area contributed by atoms with Crippen molar-refractivity contribution in [1.29, 1.82) is 0 Å². The van der Waals surface area contributed by atoms with Crippen LogP contribution in [0, 0.1) is 11.7 Å². The maximum absolute atomic E-state index is 14.2. The van der Waals surface area contributed by atoms with Gasteiger partial charge in [0, 0.05) is 35.4 Å². The molecule has 6 rings (SSSR count). The van der Waals surface area contributed by atoms with E-state index in [0.717, 1.165) is 29.1 Å². The molecule has 5 heterocycles. The number of carbonyl (C=O) groups excluding carboxylic acids is 1. The number of halogens is 6. The summed E-state index contributed by atoms with van der Waals surface area (Å²) in [7, 11) is 0. The van der Waals surface area contributed by atoms with Crippen molar-refractivity contribution < 1.29 is 31.1 Å². The molecule has 0 saturated carbocycles. The SMILES string of the molecule is C[C@@H]1CCC[C@H](n2cnc(-c3ccc(F)cc3-n3cc(C(F)(F)F)nn3)cc2=O)c2cc(ccn2)-c2c(cnn2C(F)F)NC1=O. The van der Waals surface area contributed by atoms with Gasteiger partial charge in [0.05, 0.1) is 53.2 Å². The van der Waals surface area contributed by atoms with Crippen LogP contribution in [0.15, 0.2) is 66.1 Å². The van der Waals surface area contributed by atoms with Crippen molar-refractivity contribution in [2.24, 2.45) is 5.92 Å². The molecule has 1 aliphatic heterocycles. The van der Waals surface area contributed by atoms with Crippen LogP contribution in [-0.2, 0) is 11.0 Å². The topological polar surface area (TPSA) is 125 Å². The van der Waals surface area contributed by atoms with Crippen LogP contribution in [0.4, 0.5) is 32.0 Å². The van der Waals surface area contributed by atoms with Crippen LogP contribution in [-0.4, -0.2) is 45.2 Å². The lowest BCUT2D eigenvalue weighted by Crippen LogP contribution is -2.27. The van der Waals surface area contributed by atoms with Crippen LogP contribution < -0.4 is 10.9 Å². The van der Waals surface area contributed by atoms with Gasteiger partial charge < -0.3 is 5.32 Å². The highest BCUT2D eigenvalue weighted by atomic mass is 19.4. The number of rotatable bonds is 4. The number of hydrogen-bond donors (Lipinski definition) is 1. The van der Waals surface area contributed by atoms with Gasteiger partial charge >= 0.3 is 12.7 Å². The van der Waals surface area contributed by atoms with Gasteiger partial charge in [-0.2, -0.15) is 27.1 Å². The minimum absolute atomic E-state index is 0.0194. The lowest BCUT2D eigenvalue weighted by Gasteiger charge is -2.22. The van der Waals surface area contributed by atoms with E-state index in [9.17, 15) is 35.9 Å². The van der Waals surface area contributed by atoms with Crippen molar-refractivity contribution >= 4 is 11.6 Å². The number of alkyl halides is 5. The molecule has 0 spiro atoms. The molecular formula is C29H23F6N9O2. The number of aromatic nitrogens is 8. The second-order valence-corrected chi connectivity index (χ2v) is 10.7. The fraction of sp³-hybridized carbons (Fsp3) is 0.276. The molecule has 4 aromatic heterocycles. The minimum Gasteiger partial charge on any atom is -0.323 e. The van der Waals surface area contributed by atoms with Gasteiger partial charge in [0.1, 0.15) is 5.82 Å². The van der Waals surface area contributed by atoms with Gasteiger partial charge in [-0.25, -0.2) is 18.7 Å². The summed E-state index contributed by atoms with van der Waals surface area (Å²) in [6.45, 7) is -1.31. The molecule has 5 aromatic rings. The molecule has 0 radical (unpaired) electrons. The summed E-state index contributed by atoms with van der Waals surface area (Å²) in [6, 6.07) is 6.66. The molecule has 1 amide bonds. The molecule has 1 N–H and O–H groups in total. The number of anilines is 1. The molecule has 1 aliphatic rings. The third kappa shape index (κ3) is 5.87. The number of fused-ring (bicyclic) bond motifs is 4. The molecular weight excluding hydrogens is 620 g/mol. The maximum Gasteiger partial charge on any atom is 0.436 e. The van der Waals surface area contributed by atoms with E-state index in [1.807, 2.05) is 0 Å². The Labute approximate surface area is 255 Å². The van der Waals surface area contributed by atoms with E-state index in [0.29, 0.717) is 35.8 Å². The average molecular weight is 644 g/mol. The zero-order valence-electron chi connectivity index (χ0n) is 23.8. The molecule has 0 aliphatic carbocycles. The number of amides is 1. The number of nitrogens with one attached hydrogen (secondary N) is 1. The molecule has 17 heteroatoms. The van der Waals surface area contributed by atoms with E-state index in [1.165, 1.54) is 35.3 Å². The second-order valence-electron chi connectivity index (χ2n) is 10.7. The summed E-state index contributed by atoms with van der Waals surface area (Å²) >= 11 is 0. The van der Waals surface area contributed by atoms with Crippen molar-refractivity contribution in [2.75, 3.05) is 5.32 Å². The number of pyridine rings is 1. The Hall–Kier alpha value is -5.35. The van der Waals surface area contributed by atoms with Crippen LogP contribution >= 0.6 is 0 Å². The van der Waals surface area contributed by atoms with E-state index >= 15 is 0 Å². The molecule has 11 nitrogen and oxygen atoms in total. The normalized spacial score (nSPS) is 17.3.